The molecule has 0 spiro atoms. The molecule has 0 aliphatic heterocycles. The van der Waals surface area contributed by atoms with E-state index < -0.39 is 0 Å². The second-order valence-corrected chi connectivity index (χ2v) is 8.44. The van der Waals surface area contributed by atoms with Crippen LogP contribution in [-0.2, 0) is 4.79 Å². The summed E-state index contributed by atoms with van der Waals surface area (Å²) in [5.74, 6) is 0.242. The first-order valence-electron chi connectivity index (χ1n) is 7.68. The average molecular weight is 388 g/mol. The zero-order valence-electron chi connectivity index (χ0n) is 13.9. The van der Waals surface area contributed by atoms with Gasteiger partial charge in [-0.25, -0.2) is 4.68 Å². The van der Waals surface area contributed by atoms with Crippen LogP contribution < -0.4 is 5.32 Å². The lowest BCUT2D eigenvalue weighted by Crippen LogP contribution is -2.14. The predicted octanol–water partition coefficient (Wildman–Crippen LogP) is 5.01. The van der Waals surface area contributed by atoms with Crippen molar-refractivity contribution in [3.63, 3.8) is 0 Å². The Morgan fingerprint density at radius 1 is 1.20 bits per heavy atom. The molecule has 3 aromatic rings. The highest BCUT2D eigenvalue weighted by Crippen LogP contribution is 2.24. The minimum absolute atomic E-state index is 0.0534. The number of hydrogen-bond donors (Lipinski definition) is 1. The van der Waals surface area contributed by atoms with E-state index in [0.29, 0.717) is 9.71 Å². The average Bonchev–Trinajstić information content (AvgIpc) is 2.94. The molecule has 1 aromatic heterocycles. The number of aryl methyl sites for hydroxylation is 2. The van der Waals surface area contributed by atoms with Gasteiger partial charge in [0, 0.05) is 5.69 Å². The van der Waals surface area contributed by atoms with Gasteiger partial charge in [-0.15, -0.1) is 5.10 Å². The maximum Gasteiger partial charge on any atom is 0.234 e. The second-order valence-electron chi connectivity index (χ2n) is 5.59. The summed E-state index contributed by atoms with van der Waals surface area (Å²) in [5.41, 5.74) is 4.01. The van der Waals surface area contributed by atoms with Crippen LogP contribution in [0.5, 0.6) is 0 Å². The summed E-state index contributed by atoms with van der Waals surface area (Å²) >= 11 is 8.18. The Kier molecular flexibility index (Phi) is 5.67. The Labute approximate surface area is 159 Å². The zero-order valence-corrected chi connectivity index (χ0v) is 16.3. The van der Waals surface area contributed by atoms with Gasteiger partial charge in [0.1, 0.15) is 0 Å². The summed E-state index contributed by atoms with van der Waals surface area (Å²) in [4.78, 5) is 12.2. The van der Waals surface area contributed by atoms with E-state index in [-0.39, 0.29) is 5.91 Å². The Hall–Kier alpha value is -1.96. The van der Waals surface area contributed by atoms with Crippen LogP contribution >= 0.6 is 35.3 Å². The first-order chi connectivity index (χ1) is 12.0. The van der Waals surface area contributed by atoms with Crippen molar-refractivity contribution in [2.75, 3.05) is 11.1 Å². The van der Waals surface area contributed by atoms with Gasteiger partial charge in [0.15, 0.2) is 8.29 Å². The van der Waals surface area contributed by atoms with Crippen molar-refractivity contribution in [2.24, 2.45) is 0 Å². The number of carbonyl (C=O) groups is 1. The number of nitrogens with one attached hydrogen (secondary N) is 1. The molecule has 0 saturated carbocycles. The maximum atomic E-state index is 12.2. The summed E-state index contributed by atoms with van der Waals surface area (Å²) in [6, 6.07) is 15.8. The van der Waals surface area contributed by atoms with E-state index in [9.17, 15) is 4.79 Å². The fourth-order valence-electron chi connectivity index (χ4n) is 2.42. The monoisotopic (exact) mass is 387 g/mol. The van der Waals surface area contributed by atoms with Crippen LogP contribution in [0.15, 0.2) is 52.9 Å². The van der Waals surface area contributed by atoms with Crippen molar-refractivity contribution in [3.05, 3.63) is 63.6 Å². The molecule has 2 aromatic carbocycles. The van der Waals surface area contributed by atoms with Gasteiger partial charge in [-0.3, -0.25) is 4.79 Å². The molecular weight excluding hydrogens is 370 g/mol. The van der Waals surface area contributed by atoms with Crippen LogP contribution in [0, 0.1) is 17.8 Å². The molecule has 0 aliphatic carbocycles. The third kappa shape index (κ3) is 4.78. The summed E-state index contributed by atoms with van der Waals surface area (Å²) in [5, 5.41) is 7.43. The topological polar surface area (TPSA) is 46.9 Å². The van der Waals surface area contributed by atoms with Crippen molar-refractivity contribution in [1.82, 2.24) is 9.78 Å². The number of thioether (sulfide) groups is 1. The van der Waals surface area contributed by atoms with E-state index in [1.54, 1.807) is 4.68 Å². The molecule has 0 atom stereocenters. The molecule has 7 heteroatoms. The van der Waals surface area contributed by atoms with Crippen LogP contribution in [0.3, 0.4) is 0 Å². The molecular formula is C18H17N3OS3. The summed E-state index contributed by atoms with van der Waals surface area (Å²) in [7, 11) is 0. The molecule has 1 heterocycles. The van der Waals surface area contributed by atoms with Crippen LogP contribution in [0.25, 0.3) is 5.69 Å². The quantitative estimate of drug-likeness (QED) is 0.494. The fraction of sp³-hybridized carbons (Fsp3) is 0.167. The Morgan fingerprint density at radius 3 is 2.56 bits per heavy atom. The van der Waals surface area contributed by atoms with Gasteiger partial charge >= 0.3 is 0 Å². The normalized spacial score (nSPS) is 10.6. The molecule has 1 N–H and O–H groups in total. The lowest BCUT2D eigenvalue weighted by atomic mass is 10.1. The Bertz CT molecular complexity index is 927. The van der Waals surface area contributed by atoms with E-state index in [4.69, 9.17) is 12.2 Å². The van der Waals surface area contributed by atoms with E-state index >= 15 is 0 Å². The minimum atomic E-state index is -0.0534. The predicted molar refractivity (Wildman–Crippen MR) is 108 cm³/mol. The SMILES string of the molecule is Cc1cc(C)cc(NC(=O)CSc2nn(-c3ccccc3)c(=S)s2)c1. The van der Waals surface area contributed by atoms with E-state index in [1.165, 1.54) is 23.1 Å². The summed E-state index contributed by atoms with van der Waals surface area (Å²) < 4.78 is 3.18. The number of hydrogen-bond acceptors (Lipinski definition) is 5. The molecule has 0 aliphatic rings. The first-order valence-corrected chi connectivity index (χ1v) is 9.89. The van der Waals surface area contributed by atoms with Gasteiger partial charge in [-0.05, 0) is 61.5 Å². The van der Waals surface area contributed by atoms with Gasteiger partial charge in [-0.1, -0.05) is 47.4 Å². The van der Waals surface area contributed by atoms with Crippen LogP contribution in [-0.4, -0.2) is 21.4 Å². The van der Waals surface area contributed by atoms with Crippen LogP contribution in [0.4, 0.5) is 5.69 Å². The molecule has 0 radical (unpaired) electrons. The van der Waals surface area contributed by atoms with Crippen LogP contribution in [0.2, 0.25) is 0 Å². The number of aromatic nitrogens is 2. The van der Waals surface area contributed by atoms with Crippen molar-refractivity contribution in [3.8, 4) is 5.69 Å². The molecule has 0 unspecified atom stereocenters. The van der Waals surface area contributed by atoms with Crippen molar-refractivity contribution in [2.45, 2.75) is 18.2 Å². The second kappa shape index (κ2) is 7.95. The number of rotatable bonds is 5. The van der Waals surface area contributed by atoms with Crippen molar-refractivity contribution >= 4 is 46.9 Å². The van der Waals surface area contributed by atoms with E-state index in [0.717, 1.165) is 26.8 Å². The van der Waals surface area contributed by atoms with Crippen LogP contribution in [0.1, 0.15) is 11.1 Å². The number of anilines is 1. The highest BCUT2D eigenvalue weighted by molar-refractivity contribution is 8.01. The van der Waals surface area contributed by atoms with E-state index in [1.807, 2.05) is 56.3 Å². The highest BCUT2D eigenvalue weighted by Gasteiger charge is 2.09. The molecule has 4 nitrogen and oxygen atoms in total. The summed E-state index contributed by atoms with van der Waals surface area (Å²) in [6.45, 7) is 4.03. The van der Waals surface area contributed by atoms with Gasteiger partial charge in [0.25, 0.3) is 0 Å². The fourth-order valence-corrected chi connectivity index (χ4v) is 4.58. The maximum absolute atomic E-state index is 12.2. The lowest BCUT2D eigenvalue weighted by molar-refractivity contribution is -0.113. The Morgan fingerprint density at radius 2 is 1.88 bits per heavy atom. The smallest absolute Gasteiger partial charge is 0.234 e. The van der Waals surface area contributed by atoms with Gasteiger partial charge < -0.3 is 5.32 Å². The van der Waals surface area contributed by atoms with Crippen molar-refractivity contribution in [1.29, 1.82) is 0 Å². The van der Waals surface area contributed by atoms with Gasteiger partial charge in [-0.2, -0.15) is 0 Å². The Balaban J connectivity index is 1.64. The number of amides is 1. The molecule has 3 rings (SSSR count). The standard InChI is InChI=1S/C18H17N3OS3/c1-12-8-13(2)10-14(9-12)19-16(22)11-24-17-20-21(18(23)25-17)15-6-4-3-5-7-15/h3-10H,11H2,1-2H3,(H,19,22). The number of nitrogens with zero attached hydrogens (tertiary/aromatic N) is 2. The van der Waals surface area contributed by atoms with Gasteiger partial charge in [0.05, 0.1) is 11.4 Å². The van der Waals surface area contributed by atoms with E-state index in [2.05, 4.69) is 16.5 Å². The minimum Gasteiger partial charge on any atom is -0.325 e. The lowest BCUT2D eigenvalue weighted by Gasteiger charge is -2.06. The molecule has 0 saturated heterocycles. The zero-order chi connectivity index (χ0) is 17.8. The number of carbonyl (C=O) groups excluding carboxylic acids is 1. The third-order valence-corrected chi connectivity index (χ3v) is 5.73. The molecule has 25 heavy (non-hydrogen) atoms. The molecule has 128 valence electrons. The number of para-hydroxylation sites is 1. The molecule has 0 bridgehead atoms. The molecule has 0 fully saturated rings. The number of benzene rings is 2. The first kappa shape index (κ1) is 17.8. The summed E-state index contributed by atoms with van der Waals surface area (Å²) in [6.07, 6.45) is 0. The third-order valence-electron chi connectivity index (χ3n) is 3.36. The largest absolute Gasteiger partial charge is 0.325 e. The highest BCUT2D eigenvalue weighted by atomic mass is 32.2. The van der Waals surface area contributed by atoms with Gasteiger partial charge in [0.2, 0.25) is 5.91 Å². The van der Waals surface area contributed by atoms with Crippen molar-refractivity contribution < 1.29 is 4.79 Å². The molecule has 1 amide bonds.